The Balaban J connectivity index is 2.99. The monoisotopic (exact) mass is 398 g/mol. The predicted molar refractivity (Wildman–Crippen MR) is 124 cm³/mol. The zero-order valence-electron chi connectivity index (χ0n) is 19.3. The highest BCUT2D eigenvalue weighted by molar-refractivity contribution is 5.66. The molecule has 0 unspecified atom stereocenters. The van der Waals surface area contributed by atoms with Crippen LogP contribution in [0, 0.1) is 0 Å². The van der Waals surface area contributed by atoms with E-state index in [1.165, 1.54) is 135 Å². The van der Waals surface area contributed by atoms with E-state index in [0.717, 1.165) is 12.8 Å². The largest absolute Gasteiger partial charge is 0.481 e. The molecule has 0 saturated heterocycles. The van der Waals surface area contributed by atoms with Crippen LogP contribution in [0.2, 0.25) is 0 Å². The Hall–Kier alpha value is -0.530. The molecule has 168 valence electrons. The van der Waals surface area contributed by atoms with Crippen molar-refractivity contribution in [2.45, 2.75) is 161 Å². The normalized spacial score (nSPS) is 11.2. The van der Waals surface area contributed by atoms with Gasteiger partial charge in [0.25, 0.3) is 0 Å². The number of hydrogen-bond donors (Lipinski definition) is 1. The smallest absolute Gasteiger partial charge is 0.303 e. The van der Waals surface area contributed by atoms with Crippen molar-refractivity contribution in [3.8, 4) is 0 Å². The van der Waals surface area contributed by atoms with Gasteiger partial charge in [0, 0.05) is 6.42 Å². The molecule has 0 radical (unpaired) electrons. The lowest BCUT2D eigenvalue weighted by molar-refractivity contribution is -0.137. The van der Waals surface area contributed by atoms with Gasteiger partial charge in [-0.3, -0.25) is 4.79 Å². The predicted octanol–water partition coefficient (Wildman–Crippen LogP) is 9.45. The SMILES string of the molecule is CCCCCCCCCCCCCCCCCCCCCCCCC[14C](=O)O. The Labute approximate surface area is 177 Å². The van der Waals surface area contributed by atoms with Crippen molar-refractivity contribution in [3.63, 3.8) is 0 Å². The number of unbranched alkanes of at least 4 members (excludes halogenated alkanes) is 22. The summed E-state index contributed by atoms with van der Waals surface area (Å²) in [6.07, 6.45) is 32.0. The molecule has 0 aromatic heterocycles. The van der Waals surface area contributed by atoms with Gasteiger partial charge in [-0.2, -0.15) is 0 Å². The van der Waals surface area contributed by atoms with Crippen LogP contribution in [0.4, 0.5) is 0 Å². The van der Waals surface area contributed by atoms with Gasteiger partial charge in [-0.15, -0.1) is 0 Å². The second kappa shape index (κ2) is 24.5. The van der Waals surface area contributed by atoms with Crippen LogP contribution in [0.5, 0.6) is 0 Å². The van der Waals surface area contributed by atoms with Crippen LogP contribution in [0.25, 0.3) is 0 Å². The van der Waals surface area contributed by atoms with Crippen molar-refractivity contribution >= 4 is 5.97 Å². The summed E-state index contributed by atoms with van der Waals surface area (Å²) in [4.78, 5) is 10.4. The topological polar surface area (TPSA) is 37.3 Å². The van der Waals surface area contributed by atoms with Crippen molar-refractivity contribution < 1.29 is 9.90 Å². The highest BCUT2D eigenvalue weighted by Crippen LogP contribution is 2.15. The molecule has 0 saturated carbocycles. The van der Waals surface area contributed by atoms with E-state index in [1.54, 1.807) is 0 Å². The molecule has 0 fully saturated rings. The number of rotatable bonds is 24. The van der Waals surface area contributed by atoms with Gasteiger partial charge in [-0.05, 0) is 6.42 Å². The van der Waals surface area contributed by atoms with Crippen LogP contribution in [0.3, 0.4) is 0 Å². The summed E-state index contributed by atoms with van der Waals surface area (Å²) in [5, 5.41) is 8.59. The van der Waals surface area contributed by atoms with Crippen LogP contribution in [0.1, 0.15) is 161 Å². The standard InChI is InChI=1S/C26H52O2/c1-2-3-4-5-6-7-8-9-10-11-12-13-14-15-16-17-18-19-20-21-22-23-24-25-26(27)28/h2-25H2,1H3,(H,27,28)/i26+2. The van der Waals surface area contributed by atoms with E-state index in [4.69, 9.17) is 5.11 Å². The fourth-order valence-electron chi connectivity index (χ4n) is 4.06. The zero-order valence-corrected chi connectivity index (χ0v) is 19.3. The molecule has 0 bridgehead atoms. The molecule has 1 N–H and O–H groups in total. The van der Waals surface area contributed by atoms with Crippen molar-refractivity contribution in [3.05, 3.63) is 0 Å². The summed E-state index contributed by atoms with van der Waals surface area (Å²) in [5.41, 5.74) is 0. The van der Waals surface area contributed by atoms with E-state index in [0.29, 0.717) is 6.42 Å². The van der Waals surface area contributed by atoms with Crippen molar-refractivity contribution in [1.29, 1.82) is 0 Å². The molecule has 0 aliphatic rings. The molecule has 28 heavy (non-hydrogen) atoms. The molecule has 0 aliphatic heterocycles. The summed E-state index contributed by atoms with van der Waals surface area (Å²) in [5.74, 6) is -0.650. The maximum atomic E-state index is 10.4. The summed E-state index contributed by atoms with van der Waals surface area (Å²) in [6.45, 7) is 2.29. The Morgan fingerprint density at radius 2 is 0.643 bits per heavy atom. The number of carboxylic acids is 1. The minimum Gasteiger partial charge on any atom is -0.481 e. The van der Waals surface area contributed by atoms with Crippen LogP contribution in [-0.4, -0.2) is 11.1 Å². The number of carboxylic acid groups (broad SMARTS) is 1. The Kier molecular flexibility index (Phi) is 24.0. The summed E-state index contributed by atoms with van der Waals surface area (Å²) in [7, 11) is 0. The summed E-state index contributed by atoms with van der Waals surface area (Å²) < 4.78 is 0. The summed E-state index contributed by atoms with van der Waals surface area (Å²) in [6, 6.07) is 0. The first-order valence-electron chi connectivity index (χ1n) is 13.0. The van der Waals surface area contributed by atoms with E-state index in [9.17, 15) is 4.79 Å². The Morgan fingerprint density at radius 1 is 0.429 bits per heavy atom. The maximum absolute atomic E-state index is 10.4. The molecule has 0 atom stereocenters. The molecular formula is C26H52O2. The van der Waals surface area contributed by atoms with E-state index in [2.05, 4.69) is 6.92 Å². The second-order valence-corrected chi connectivity index (χ2v) is 8.92. The number of hydrogen-bond acceptors (Lipinski definition) is 1. The van der Waals surface area contributed by atoms with Crippen LogP contribution < -0.4 is 0 Å². The number of aliphatic carboxylic acids is 1. The number of carbonyl (C=O) groups is 1. The first-order chi connectivity index (χ1) is 13.8. The molecule has 0 aromatic rings. The van der Waals surface area contributed by atoms with Gasteiger partial charge in [-0.25, -0.2) is 0 Å². The Morgan fingerprint density at radius 3 is 0.857 bits per heavy atom. The first-order valence-corrected chi connectivity index (χ1v) is 13.0. The van der Waals surface area contributed by atoms with Crippen molar-refractivity contribution in [2.24, 2.45) is 0 Å². The maximum Gasteiger partial charge on any atom is 0.303 e. The van der Waals surface area contributed by atoms with Gasteiger partial charge in [0.15, 0.2) is 0 Å². The lowest BCUT2D eigenvalue weighted by atomic mass is 10.0. The second-order valence-electron chi connectivity index (χ2n) is 8.92. The third kappa shape index (κ3) is 25.5. The van der Waals surface area contributed by atoms with Gasteiger partial charge < -0.3 is 5.11 Å². The lowest BCUT2D eigenvalue weighted by Crippen LogP contribution is -1.93. The molecule has 0 heterocycles. The molecule has 0 rings (SSSR count). The lowest BCUT2D eigenvalue weighted by Gasteiger charge is -2.04. The minimum absolute atomic E-state index is 0.346. The quantitative estimate of drug-likeness (QED) is 0.164. The van der Waals surface area contributed by atoms with Gasteiger partial charge in [0.2, 0.25) is 0 Å². The average molecular weight is 399 g/mol. The third-order valence-electron chi connectivity index (χ3n) is 5.99. The molecule has 0 aliphatic carbocycles. The first kappa shape index (κ1) is 27.5. The van der Waals surface area contributed by atoms with E-state index in [-0.39, 0.29) is 0 Å². The molecule has 2 nitrogen and oxygen atoms in total. The van der Waals surface area contributed by atoms with Gasteiger partial charge in [0.05, 0.1) is 0 Å². The Bertz CT molecular complexity index is 301. The average Bonchev–Trinajstić information content (AvgIpc) is 2.68. The minimum atomic E-state index is -0.650. The molecule has 0 spiro atoms. The van der Waals surface area contributed by atoms with Gasteiger partial charge in [0.1, 0.15) is 0 Å². The van der Waals surface area contributed by atoms with E-state index >= 15 is 0 Å². The molecule has 0 amide bonds. The zero-order chi connectivity index (χ0) is 20.5. The van der Waals surface area contributed by atoms with Crippen LogP contribution in [0.15, 0.2) is 0 Å². The fourth-order valence-corrected chi connectivity index (χ4v) is 4.06. The van der Waals surface area contributed by atoms with Crippen molar-refractivity contribution in [1.82, 2.24) is 0 Å². The van der Waals surface area contributed by atoms with Gasteiger partial charge >= 0.3 is 5.97 Å². The molecule has 2 heteroatoms. The third-order valence-corrected chi connectivity index (χ3v) is 5.99. The van der Waals surface area contributed by atoms with Crippen LogP contribution >= 0.6 is 0 Å². The summed E-state index contributed by atoms with van der Waals surface area (Å²) >= 11 is 0. The highest BCUT2D eigenvalue weighted by Gasteiger charge is 1.97. The molecule has 0 aromatic carbocycles. The van der Waals surface area contributed by atoms with Gasteiger partial charge in [-0.1, -0.05) is 148 Å². The highest BCUT2D eigenvalue weighted by atomic mass is 16.6. The fraction of sp³-hybridized carbons (Fsp3) is 0.962. The van der Waals surface area contributed by atoms with E-state index in [1.807, 2.05) is 0 Å². The van der Waals surface area contributed by atoms with Crippen molar-refractivity contribution in [2.75, 3.05) is 0 Å². The molecular weight excluding hydrogens is 346 g/mol. The van der Waals surface area contributed by atoms with Crippen LogP contribution in [-0.2, 0) is 4.79 Å². The van der Waals surface area contributed by atoms with E-state index < -0.39 is 5.97 Å².